The number of rotatable bonds is 0. The Morgan fingerprint density at radius 3 is 1.00 bits per heavy atom. The van der Waals surface area contributed by atoms with E-state index < -0.39 is 6.89 Å². The van der Waals surface area contributed by atoms with Gasteiger partial charge in [-0.3, -0.25) is 0 Å². The molecular formula is C7H20P2. The van der Waals surface area contributed by atoms with E-state index in [-0.39, 0.29) is 0 Å². The molecule has 58 valence electrons. The number of hydrogen-bond acceptors (Lipinski definition) is 0. The topological polar surface area (TPSA) is 0 Å². The molecule has 9 heavy (non-hydrogen) atoms. The highest BCUT2D eigenvalue weighted by Gasteiger charge is 1.79. The van der Waals surface area contributed by atoms with Gasteiger partial charge in [-0.25, -0.2) is 0 Å². The Kier molecular flexibility index (Phi) is 7.60. The average molecular weight is 166 g/mol. The first-order chi connectivity index (χ1) is 3.73. The van der Waals surface area contributed by atoms with Crippen molar-refractivity contribution in [3.8, 4) is 0 Å². The lowest BCUT2D eigenvalue weighted by Crippen LogP contribution is -1.62. The van der Waals surface area contributed by atoms with Gasteiger partial charge >= 0.3 is 0 Å². The van der Waals surface area contributed by atoms with Crippen molar-refractivity contribution in [3.63, 3.8) is 0 Å². The minimum atomic E-state index is -0.639. The first-order valence-corrected chi connectivity index (χ1v) is 9.00. The molecule has 0 aromatic carbocycles. The lowest BCUT2D eigenvalue weighted by Gasteiger charge is -1.96. The fraction of sp³-hybridized carbons (Fsp3) is 0.857. The van der Waals surface area contributed by atoms with Crippen LogP contribution in [0.25, 0.3) is 0 Å². The maximum absolute atomic E-state index is 3.88. The molecule has 0 atom stereocenters. The second kappa shape index (κ2) is 5.51. The molecule has 0 unspecified atom stereocenters. The van der Waals surface area contributed by atoms with Crippen molar-refractivity contribution in [2.45, 2.75) is 0 Å². The van der Waals surface area contributed by atoms with E-state index in [1.54, 1.807) is 0 Å². The zero-order valence-corrected chi connectivity index (χ0v) is 9.39. The molecular weight excluding hydrogens is 146 g/mol. The molecule has 0 heterocycles. The van der Waals surface area contributed by atoms with Gasteiger partial charge in [-0.05, 0) is 40.0 Å². The maximum Gasteiger partial charge on any atom is -0.0449 e. The van der Waals surface area contributed by atoms with Crippen LogP contribution in [0.15, 0.2) is 0 Å². The van der Waals surface area contributed by atoms with Gasteiger partial charge in [0.15, 0.2) is 0 Å². The molecule has 0 saturated heterocycles. The molecule has 0 saturated carbocycles. The number of hydrogen-bond donors (Lipinski definition) is 0. The third kappa shape index (κ3) is 742. The molecule has 0 aliphatic carbocycles. The first-order valence-electron chi connectivity index (χ1n) is 3.00. The Bertz CT molecular complexity index is 78.1. The third-order valence-corrected chi connectivity index (χ3v) is 0. The van der Waals surface area contributed by atoms with Crippen LogP contribution < -0.4 is 0 Å². The second-order valence-electron chi connectivity index (χ2n) is 3.63. The van der Waals surface area contributed by atoms with E-state index in [2.05, 4.69) is 46.3 Å². The van der Waals surface area contributed by atoms with E-state index in [9.17, 15) is 0 Å². The smallest absolute Gasteiger partial charge is 0.0449 e. The van der Waals surface area contributed by atoms with Crippen molar-refractivity contribution in [2.24, 2.45) is 0 Å². The minimum absolute atomic E-state index is 0.380. The Hall–Kier alpha value is 0.730. The van der Waals surface area contributed by atoms with E-state index in [1.807, 2.05) is 0 Å². The molecule has 0 aliphatic rings. The predicted octanol–water partition coefficient (Wildman–Crippen LogP) is 2.68. The van der Waals surface area contributed by atoms with Gasteiger partial charge in [0.2, 0.25) is 0 Å². The van der Waals surface area contributed by atoms with Crippen molar-refractivity contribution < 1.29 is 0 Å². The molecule has 0 N–H and O–H groups in total. The lowest BCUT2D eigenvalue weighted by atomic mass is 11.8. The van der Waals surface area contributed by atoms with Gasteiger partial charge in [-0.1, -0.05) is 0 Å². The molecule has 0 spiro atoms. The highest BCUT2D eigenvalue weighted by Crippen LogP contribution is 2.27. The molecule has 0 bridgehead atoms. The third-order valence-electron chi connectivity index (χ3n) is 0. The summed E-state index contributed by atoms with van der Waals surface area (Å²) in [4.78, 5) is 0. The SMILES string of the molecule is C=P(C)(C)C.CP(C)C. The summed E-state index contributed by atoms with van der Waals surface area (Å²) in [5.41, 5.74) is 0. The average Bonchev–Trinajstić information content (AvgIpc) is 1.19. The van der Waals surface area contributed by atoms with Gasteiger partial charge in [-0.15, -0.1) is 21.1 Å². The zero-order chi connectivity index (χ0) is 8.08. The Balaban J connectivity index is 0. The van der Waals surface area contributed by atoms with Gasteiger partial charge in [-0.2, -0.15) is 0 Å². The van der Waals surface area contributed by atoms with Crippen LogP contribution in [0.5, 0.6) is 0 Å². The van der Waals surface area contributed by atoms with Gasteiger partial charge in [0, 0.05) is 0 Å². The zero-order valence-electron chi connectivity index (χ0n) is 7.60. The molecule has 0 rings (SSSR count). The van der Waals surface area contributed by atoms with Crippen molar-refractivity contribution in [3.05, 3.63) is 0 Å². The van der Waals surface area contributed by atoms with Gasteiger partial charge in [0.1, 0.15) is 0 Å². The molecule has 0 fully saturated rings. The summed E-state index contributed by atoms with van der Waals surface area (Å²) in [5.74, 6) is 0. The highest BCUT2D eigenvalue weighted by atomic mass is 31.2. The van der Waals surface area contributed by atoms with E-state index >= 15 is 0 Å². The van der Waals surface area contributed by atoms with E-state index in [0.29, 0.717) is 7.92 Å². The standard InChI is InChI=1S/C4H11P.C3H9P/c1-5(2,3)4;1-4(2)3/h1H2,2-4H3;1-3H3. The highest BCUT2D eigenvalue weighted by molar-refractivity contribution is 7.71. The van der Waals surface area contributed by atoms with Crippen LogP contribution in [0.1, 0.15) is 0 Å². The van der Waals surface area contributed by atoms with Crippen LogP contribution in [0.2, 0.25) is 0 Å². The lowest BCUT2D eigenvalue weighted by molar-refractivity contribution is 2.11. The van der Waals surface area contributed by atoms with Gasteiger partial charge in [0.25, 0.3) is 0 Å². The van der Waals surface area contributed by atoms with Crippen LogP contribution in [0.4, 0.5) is 0 Å². The first kappa shape index (κ1) is 12.4. The second-order valence-corrected chi connectivity index (χ2v) is 10.9. The summed E-state index contributed by atoms with van der Waals surface area (Å²) in [6.45, 7) is 12.6. The molecule has 0 nitrogen and oxygen atoms in total. The monoisotopic (exact) mass is 166 g/mol. The molecule has 0 aliphatic heterocycles. The summed E-state index contributed by atoms with van der Waals surface area (Å²) in [6.07, 6.45) is 3.88. The van der Waals surface area contributed by atoms with Gasteiger partial charge in [0.05, 0.1) is 0 Å². The van der Waals surface area contributed by atoms with Crippen LogP contribution in [-0.4, -0.2) is 46.3 Å². The van der Waals surface area contributed by atoms with E-state index in [0.717, 1.165) is 0 Å². The fourth-order valence-corrected chi connectivity index (χ4v) is 0. The maximum atomic E-state index is 3.88. The molecule has 0 radical (unpaired) electrons. The largest absolute Gasteiger partial charge is 0.121 e. The van der Waals surface area contributed by atoms with E-state index in [1.165, 1.54) is 0 Å². The summed E-state index contributed by atoms with van der Waals surface area (Å²) in [6, 6.07) is 0. The summed E-state index contributed by atoms with van der Waals surface area (Å²) in [7, 11) is 0.380. The van der Waals surface area contributed by atoms with Crippen molar-refractivity contribution >= 4 is 21.1 Å². The predicted molar refractivity (Wildman–Crippen MR) is 56.5 cm³/mol. The normalized spacial score (nSPS) is 10.6. The minimum Gasteiger partial charge on any atom is -0.121 e. The van der Waals surface area contributed by atoms with Crippen LogP contribution in [0, 0.1) is 0 Å². The molecule has 0 aromatic heterocycles. The van der Waals surface area contributed by atoms with Crippen molar-refractivity contribution in [1.82, 2.24) is 0 Å². The van der Waals surface area contributed by atoms with Crippen LogP contribution in [-0.2, 0) is 0 Å². The van der Waals surface area contributed by atoms with Crippen LogP contribution in [0.3, 0.4) is 0 Å². The fourth-order valence-electron chi connectivity index (χ4n) is 0. The summed E-state index contributed by atoms with van der Waals surface area (Å²) in [5, 5.41) is 0. The van der Waals surface area contributed by atoms with Crippen molar-refractivity contribution in [2.75, 3.05) is 40.0 Å². The van der Waals surface area contributed by atoms with Crippen LogP contribution >= 0.6 is 14.8 Å². The Morgan fingerprint density at radius 1 is 1.00 bits per heavy atom. The van der Waals surface area contributed by atoms with Crippen molar-refractivity contribution in [1.29, 1.82) is 0 Å². The quantitative estimate of drug-likeness (QED) is 0.485. The molecule has 0 aromatic rings. The van der Waals surface area contributed by atoms with Gasteiger partial charge < -0.3 is 0 Å². The molecule has 0 amide bonds. The molecule has 2 heteroatoms. The van der Waals surface area contributed by atoms with E-state index in [4.69, 9.17) is 0 Å². The summed E-state index contributed by atoms with van der Waals surface area (Å²) >= 11 is 0. The summed E-state index contributed by atoms with van der Waals surface area (Å²) < 4.78 is 0. The Morgan fingerprint density at radius 2 is 1.00 bits per heavy atom. The Labute approximate surface area is 61.8 Å².